The minimum absolute atomic E-state index is 0. The molecule has 0 bridgehead atoms. The van der Waals surface area contributed by atoms with Gasteiger partial charge in [0.15, 0.2) is 0 Å². The molecule has 0 amide bonds. The van der Waals surface area contributed by atoms with Crippen LogP contribution in [0.3, 0.4) is 0 Å². The fourth-order valence-electron chi connectivity index (χ4n) is 4.73. The van der Waals surface area contributed by atoms with E-state index in [4.69, 9.17) is 4.42 Å². The summed E-state index contributed by atoms with van der Waals surface area (Å²) in [5, 5.41) is 3.77. The van der Waals surface area contributed by atoms with Crippen LogP contribution in [-0.2, 0) is 20.1 Å². The van der Waals surface area contributed by atoms with Gasteiger partial charge in [-0.1, -0.05) is 71.7 Å². The van der Waals surface area contributed by atoms with Gasteiger partial charge in [-0.2, -0.15) is 0 Å². The van der Waals surface area contributed by atoms with Gasteiger partial charge in [-0.15, -0.1) is 54.1 Å². The maximum atomic E-state index is 6.15. The second-order valence-electron chi connectivity index (χ2n) is 10.9. The normalized spacial score (nSPS) is 13.0. The van der Waals surface area contributed by atoms with Gasteiger partial charge in [-0.25, -0.2) is 0 Å². The number of pyridine rings is 2. The summed E-state index contributed by atoms with van der Waals surface area (Å²) in [6, 6.07) is 35.4. The van der Waals surface area contributed by atoms with Crippen molar-refractivity contribution >= 4 is 35.2 Å². The predicted molar refractivity (Wildman–Crippen MR) is 159 cm³/mol. The number of benzene rings is 3. The largest absolute Gasteiger partial charge is 0.501 e. The summed E-state index contributed by atoms with van der Waals surface area (Å²) in [4.78, 5) is 8.83. The van der Waals surface area contributed by atoms with Crippen molar-refractivity contribution in [3.8, 4) is 22.5 Å². The molecule has 7 rings (SSSR count). The molecule has 0 saturated heterocycles. The van der Waals surface area contributed by atoms with E-state index in [-0.39, 0.29) is 20.1 Å². The summed E-state index contributed by atoms with van der Waals surface area (Å²) < 4.78 is 6.15. The summed E-state index contributed by atoms with van der Waals surface area (Å²) in [6.45, 7) is 7.09. The Balaban J connectivity index is 0.000000167. The Kier molecular flexibility index (Phi) is 7.95. The molecule has 3 aromatic heterocycles. The van der Waals surface area contributed by atoms with Gasteiger partial charge in [0, 0.05) is 37.9 Å². The van der Waals surface area contributed by atoms with Crippen LogP contribution in [0, 0.1) is 12.1 Å². The minimum atomic E-state index is -1.35. The van der Waals surface area contributed by atoms with Crippen molar-refractivity contribution in [2.24, 2.45) is 0 Å². The molecular formula is C34H30IrN2OSi-2. The molecule has 1 fully saturated rings. The third kappa shape index (κ3) is 5.96. The first-order valence-corrected chi connectivity index (χ1v) is 16.7. The van der Waals surface area contributed by atoms with E-state index < -0.39 is 8.07 Å². The number of rotatable bonds is 4. The topological polar surface area (TPSA) is 38.9 Å². The number of hydrogen-bond acceptors (Lipinski definition) is 3. The summed E-state index contributed by atoms with van der Waals surface area (Å²) in [5.74, 6) is 0.787. The van der Waals surface area contributed by atoms with Gasteiger partial charge in [0.05, 0.1) is 13.7 Å². The predicted octanol–water partition coefficient (Wildman–Crippen LogP) is 8.42. The molecular weight excluding hydrogens is 673 g/mol. The molecule has 1 radical (unpaired) electrons. The van der Waals surface area contributed by atoms with Crippen LogP contribution in [0.5, 0.6) is 0 Å². The summed E-state index contributed by atoms with van der Waals surface area (Å²) in [5.41, 5.74) is 7.17. The molecule has 3 nitrogen and oxygen atoms in total. The van der Waals surface area contributed by atoms with Crippen molar-refractivity contribution in [3.05, 3.63) is 115 Å². The van der Waals surface area contributed by atoms with Gasteiger partial charge in [0.25, 0.3) is 0 Å². The Morgan fingerprint density at radius 2 is 1.59 bits per heavy atom. The zero-order chi connectivity index (χ0) is 26.1. The van der Waals surface area contributed by atoms with E-state index >= 15 is 0 Å². The third-order valence-corrected chi connectivity index (χ3v) is 9.08. The SMILES string of the molecule is C[Si](C)(C)c1ccc2oc3c(-c4ccccn4)[c-]ccc3c2c1.[Ir].[c-]1ccccc1-c1cc(C2CC2)ccn1. The standard InChI is InChI=1S/C20H18NOSi.C14H12N.Ir/c1-23(2,3)14-10-11-19-17(13-14)15-7-6-8-16(20(15)22-19)18-9-4-5-12-21-18;1-2-4-12(5-3-1)14-10-13(8-9-15-14)11-6-7-11;/h4-7,9-13H,1-3H3;1-4,8-11H,6-7H2;/q2*-1;. The van der Waals surface area contributed by atoms with Crippen molar-refractivity contribution in [2.75, 3.05) is 0 Å². The van der Waals surface area contributed by atoms with Gasteiger partial charge >= 0.3 is 0 Å². The molecule has 39 heavy (non-hydrogen) atoms. The number of aromatic nitrogens is 2. The first-order valence-electron chi connectivity index (χ1n) is 13.2. The van der Waals surface area contributed by atoms with Crippen molar-refractivity contribution in [3.63, 3.8) is 0 Å². The number of furan rings is 1. The molecule has 1 saturated carbocycles. The molecule has 0 spiro atoms. The van der Waals surface area contributed by atoms with E-state index in [0.29, 0.717) is 0 Å². The maximum absolute atomic E-state index is 6.15. The van der Waals surface area contributed by atoms with Crippen LogP contribution in [0.4, 0.5) is 0 Å². The van der Waals surface area contributed by atoms with Crippen molar-refractivity contribution < 1.29 is 24.5 Å². The van der Waals surface area contributed by atoms with E-state index in [0.717, 1.165) is 45.0 Å². The van der Waals surface area contributed by atoms with E-state index in [1.165, 1.54) is 29.0 Å². The first kappa shape index (κ1) is 27.2. The van der Waals surface area contributed by atoms with Gasteiger partial charge in [0.2, 0.25) is 0 Å². The fraction of sp³-hybridized carbons (Fsp3) is 0.176. The van der Waals surface area contributed by atoms with E-state index in [1.54, 1.807) is 6.20 Å². The van der Waals surface area contributed by atoms with Gasteiger partial charge in [-0.3, -0.25) is 0 Å². The van der Waals surface area contributed by atoms with Crippen LogP contribution in [0.25, 0.3) is 44.5 Å². The zero-order valence-corrected chi connectivity index (χ0v) is 25.8. The number of hydrogen-bond donors (Lipinski definition) is 0. The van der Waals surface area contributed by atoms with Crippen LogP contribution in [0.2, 0.25) is 19.6 Å². The fourth-order valence-corrected chi connectivity index (χ4v) is 5.89. The summed E-state index contributed by atoms with van der Waals surface area (Å²) in [7, 11) is -1.35. The number of fused-ring (bicyclic) bond motifs is 3. The Bertz CT molecular complexity index is 1700. The molecule has 0 aliphatic heterocycles. The monoisotopic (exact) mass is 703 g/mol. The summed E-state index contributed by atoms with van der Waals surface area (Å²) >= 11 is 0. The van der Waals surface area contributed by atoms with E-state index in [1.807, 2.05) is 48.7 Å². The second kappa shape index (κ2) is 11.4. The maximum Gasteiger partial charge on any atom is 0.120 e. The zero-order valence-electron chi connectivity index (χ0n) is 22.4. The van der Waals surface area contributed by atoms with E-state index in [2.05, 4.69) is 84.2 Å². The Hall–Kier alpha value is -3.37. The van der Waals surface area contributed by atoms with Gasteiger partial charge in [-0.05, 0) is 48.3 Å². The Labute approximate surface area is 244 Å². The number of nitrogens with zero attached hydrogens (tertiary/aromatic N) is 2. The molecule has 0 unspecified atom stereocenters. The molecule has 0 N–H and O–H groups in total. The van der Waals surface area contributed by atoms with Crippen LogP contribution in [0.15, 0.2) is 102 Å². The average Bonchev–Trinajstić information content (AvgIpc) is 3.74. The molecule has 0 atom stereocenters. The molecule has 6 aromatic rings. The van der Waals surface area contributed by atoms with Crippen molar-refractivity contribution in [1.82, 2.24) is 9.97 Å². The van der Waals surface area contributed by atoms with E-state index in [9.17, 15) is 0 Å². The summed E-state index contributed by atoms with van der Waals surface area (Å²) in [6.07, 6.45) is 6.38. The molecule has 1 aliphatic carbocycles. The second-order valence-corrected chi connectivity index (χ2v) is 16.0. The Morgan fingerprint density at radius 1 is 0.769 bits per heavy atom. The molecule has 3 heterocycles. The first-order chi connectivity index (χ1) is 18.5. The smallest absolute Gasteiger partial charge is 0.120 e. The molecule has 5 heteroatoms. The molecule has 197 valence electrons. The van der Waals surface area contributed by atoms with Crippen LogP contribution in [-0.4, -0.2) is 18.0 Å². The van der Waals surface area contributed by atoms with Gasteiger partial charge in [0.1, 0.15) is 5.58 Å². The quantitative estimate of drug-likeness (QED) is 0.137. The van der Waals surface area contributed by atoms with Gasteiger partial charge < -0.3 is 14.4 Å². The third-order valence-electron chi connectivity index (χ3n) is 7.04. The molecule has 1 aliphatic rings. The van der Waals surface area contributed by atoms with Crippen molar-refractivity contribution in [1.29, 1.82) is 0 Å². The molecule has 3 aromatic carbocycles. The van der Waals surface area contributed by atoms with Crippen molar-refractivity contribution in [2.45, 2.75) is 38.4 Å². The van der Waals surface area contributed by atoms with Crippen LogP contribution >= 0.6 is 0 Å². The Morgan fingerprint density at radius 3 is 2.31 bits per heavy atom. The van der Waals surface area contributed by atoms with Crippen LogP contribution in [0.1, 0.15) is 24.3 Å². The van der Waals surface area contributed by atoms with Crippen LogP contribution < -0.4 is 5.19 Å². The minimum Gasteiger partial charge on any atom is -0.501 e. The average molecular weight is 703 g/mol.